The first-order chi connectivity index (χ1) is 41.5. The molecule has 0 heterocycles. The molecule has 0 radical (unpaired) electrons. The Hall–Kier alpha value is -1.40. The minimum atomic E-state index is -0.845. The first-order valence-electron chi connectivity index (χ1n) is 39.0. The molecule has 3 N–H and O–H groups in total. The topological polar surface area (TPSA) is 95.9 Å². The van der Waals surface area contributed by atoms with E-state index in [1.54, 1.807) is 6.08 Å². The van der Waals surface area contributed by atoms with Crippen LogP contribution in [0.15, 0.2) is 12.2 Å². The predicted molar refractivity (Wildman–Crippen MR) is 370 cm³/mol. The average Bonchev–Trinajstić information content (AvgIpc) is 3.53. The Morgan fingerprint density at radius 2 is 0.548 bits per heavy atom. The number of rotatable bonds is 74. The lowest BCUT2D eigenvalue weighted by atomic mass is 10.0. The fraction of sp³-hybridized carbons (Fsp3) is 0.949. The van der Waals surface area contributed by atoms with Gasteiger partial charge in [0.2, 0.25) is 5.91 Å². The first-order valence-corrected chi connectivity index (χ1v) is 39.0. The zero-order valence-electron chi connectivity index (χ0n) is 57.4. The fourth-order valence-corrected chi connectivity index (χ4v) is 12.6. The monoisotopic (exact) mass is 1180 g/mol. The molecule has 500 valence electrons. The van der Waals surface area contributed by atoms with Crippen LogP contribution in [0.4, 0.5) is 0 Å². The second-order valence-corrected chi connectivity index (χ2v) is 27.1. The Kier molecular flexibility index (Phi) is 72.8. The van der Waals surface area contributed by atoms with Crippen molar-refractivity contribution in [1.82, 2.24) is 5.32 Å². The standard InChI is InChI=1S/C78H153NO5/c1-3-5-7-9-11-13-15-17-19-21-23-24-25-26-29-32-35-38-42-46-50-54-58-62-66-70-76(81)75(74-80)79-77(82)71-67-63-59-55-51-47-43-39-36-33-30-27-28-31-34-37-41-45-49-53-57-61-65-69-73-84-78(83)72-68-64-60-56-52-48-44-40-22-20-18-16-14-12-10-8-6-4-2/h66,70,75-76,80-81H,3-65,67-69,71-74H2,1-2H3,(H,79,82)/b70-66+. The quantitative estimate of drug-likeness (QED) is 0.0320. The largest absolute Gasteiger partial charge is 0.466 e. The summed E-state index contributed by atoms with van der Waals surface area (Å²) in [6, 6.07) is -0.628. The van der Waals surface area contributed by atoms with Crippen LogP contribution in [0.1, 0.15) is 450 Å². The zero-order valence-corrected chi connectivity index (χ0v) is 57.4. The molecule has 1 amide bonds. The van der Waals surface area contributed by atoms with Crippen LogP contribution in [-0.2, 0) is 14.3 Å². The van der Waals surface area contributed by atoms with E-state index in [9.17, 15) is 19.8 Å². The van der Waals surface area contributed by atoms with E-state index >= 15 is 0 Å². The van der Waals surface area contributed by atoms with E-state index in [1.165, 1.54) is 385 Å². The van der Waals surface area contributed by atoms with Crippen LogP contribution >= 0.6 is 0 Å². The molecule has 2 atom stereocenters. The maximum absolute atomic E-state index is 12.6. The minimum absolute atomic E-state index is 0.0209. The number of ether oxygens (including phenoxy) is 1. The van der Waals surface area contributed by atoms with Gasteiger partial charge in [0.05, 0.1) is 25.4 Å². The van der Waals surface area contributed by atoms with E-state index in [2.05, 4.69) is 19.2 Å². The van der Waals surface area contributed by atoms with E-state index in [0.29, 0.717) is 19.4 Å². The van der Waals surface area contributed by atoms with Crippen LogP contribution in [0.25, 0.3) is 0 Å². The molecule has 0 aromatic carbocycles. The molecule has 0 aromatic rings. The van der Waals surface area contributed by atoms with Crippen LogP contribution in [0.2, 0.25) is 0 Å². The highest BCUT2D eigenvalue weighted by atomic mass is 16.5. The van der Waals surface area contributed by atoms with Gasteiger partial charge in [0, 0.05) is 12.8 Å². The third-order valence-electron chi connectivity index (χ3n) is 18.6. The van der Waals surface area contributed by atoms with Gasteiger partial charge in [0.25, 0.3) is 0 Å². The number of aliphatic hydroxyl groups excluding tert-OH is 2. The molecule has 0 fully saturated rings. The number of unbranched alkanes of at least 4 members (excludes halogenated alkanes) is 63. The Bertz CT molecular complexity index is 1270. The lowest BCUT2D eigenvalue weighted by Crippen LogP contribution is -2.45. The molecule has 0 aliphatic carbocycles. The van der Waals surface area contributed by atoms with Gasteiger partial charge < -0.3 is 20.3 Å². The summed E-state index contributed by atoms with van der Waals surface area (Å²) in [6.45, 7) is 4.97. The third-order valence-corrected chi connectivity index (χ3v) is 18.6. The van der Waals surface area contributed by atoms with Gasteiger partial charge >= 0.3 is 5.97 Å². The van der Waals surface area contributed by atoms with Gasteiger partial charge in [-0.1, -0.05) is 418 Å². The highest BCUT2D eigenvalue weighted by molar-refractivity contribution is 5.76. The zero-order chi connectivity index (χ0) is 60.6. The van der Waals surface area contributed by atoms with Gasteiger partial charge in [-0.05, 0) is 32.1 Å². The van der Waals surface area contributed by atoms with Gasteiger partial charge in [0.15, 0.2) is 0 Å². The van der Waals surface area contributed by atoms with Gasteiger partial charge in [-0.3, -0.25) is 9.59 Å². The molecule has 0 saturated carbocycles. The van der Waals surface area contributed by atoms with Crippen LogP contribution < -0.4 is 5.32 Å². The number of allylic oxidation sites excluding steroid dienone is 1. The maximum atomic E-state index is 12.6. The van der Waals surface area contributed by atoms with Crippen LogP contribution in [0, 0.1) is 0 Å². The summed E-state index contributed by atoms with van der Waals surface area (Å²) in [5.41, 5.74) is 0. The van der Waals surface area contributed by atoms with Crippen molar-refractivity contribution in [3.63, 3.8) is 0 Å². The minimum Gasteiger partial charge on any atom is -0.466 e. The Morgan fingerprint density at radius 1 is 0.321 bits per heavy atom. The Morgan fingerprint density at radius 3 is 0.810 bits per heavy atom. The lowest BCUT2D eigenvalue weighted by molar-refractivity contribution is -0.143. The molecule has 2 unspecified atom stereocenters. The summed E-state index contributed by atoms with van der Waals surface area (Å²) in [6.07, 6.45) is 93.2. The van der Waals surface area contributed by atoms with Crippen LogP contribution in [0.5, 0.6) is 0 Å². The normalized spacial score (nSPS) is 12.5. The SMILES string of the molecule is CCCCCCCCCCCCCCCCCCCCCCCCC/C=C/C(O)C(CO)NC(=O)CCCCCCCCCCCCCCCCCCCCCCCCCCOC(=O)CCCCCCCCCCCCCCCCCCCC. The molecule has 0 spiro atoms. The van der Waals surface area contributed by atoms with Crippen molar-refractivity contribution >= 4 is 11.9 Å². The van der Waals surface area contributed by atoms with Crippen molar-refractivity contribution in [2.45, 2.75) is 463 Å². The van der Waals surface area contributed by atoms with Crippen molar-refractivity contribution in [3.05, 3.63) is 12.2 Å². The summed E-state index contributed by atoms with van der Waals surface area (Å²) >= 11 is 0. The second-order valence-electron chi connectivity index (χ2n) is 27.1. The van der Waals surface area contributed by atoms with Crippen molar-refractivity contribution in [2.75, 3.05) is 13.2 Å². The summed E-state index contributed by atoms with van der Waals surface area (Å²) < 4.78 is 5.52. The van der Waals surface area contributed by atoms with Crippen LogP contribution in [-0.4, -0.2) is 47.4 Å². The highest BCUT2D eigenvalue weighted by Crippen LogP contribution is 2.20. The van der Waals surface area contributed by atoms with Gasteiger partial charge in [-0.25, -0.2) is 0 Å². The molecule has 6 heteroatoms. The molecule has 84 heavy (non-hydrogen) atoms. The Balaban J connectivity index is 3.37. The molecule has 0 aromatic heterocycles. The number of esters is 1. The maximum Gasteiger partial charge on any atom is 0.305 e. The van der Waals surface area contributed by atoms with Crippen molar-refractivity contribution in [2.24, 2.45) is 0 Å². The highest BCUT2D eigenvalue weighted by Gasteiger charge is 2.18. The lowest BCUT2D eigenvalue weighted by Gasteiger charge is -2.20. The first kappa shape index (κ1) is 82.6. The predicted octanol–water partition coefficient (Wildman–Crippen LogP) is 25.5. The molecule has 6 nitrogen and oxygen atoms in total. The van der Waals surface area contributed by atoms with E-state index in [1.807, 2.05) is 6.08 Å². The van der Waals surface area contributed by atoms with E-state index in [0.717, 1.165) is 38.5 Å². The number of carbonyl (C=O) groups excluding carboxylic acids is 2. The molecular weight excluding hydrogens is 1030 g/mol. The summed E-state index contributed by atoms with van der Waals surface area (Å²) in [4.78, 5) is 24.7. The van der Waals surface area contributed by atoms with Gasteiger partial charge in [-0.15, -0.1) is 0 Å². The van der Waals surface area contributed by atoms with Crippen molar-refractivity contribution in [3.8, 4) is 0 Å². The molecule has 0 bridgehead atoms. The molecule has 0 rings (SSSR count). The fourth-order valence-electron chi connectivity index (χ4n) is 12.6. The number of nitrogens with one attached hydrogen (secondary N) is 1. The summed E-state index contributed by atoms with van der Waals surface area (Å²) in [5, 5.41) is 23.3. The molecule has 0 aliphatic rings. The van der Waals surface area contributed by atoms with Crippen molar-refractivity contribution < 1.29 is 24.5 Å². The summed E-state index contributed by atoms with van der Waals surface area (Å²) in [5.74, 6) is -0.0401. The average molecular weight is 1190 g/mol. The number of hydrogen-bond donors (Lipinski definition) is 3. The van der Waals surface area contributed by atoms with Gasteiger partial charge in [-0.2, -0.15) is 0 Å². The number of amides is 1. The molecule has 0 aliphatic heterocycles. The molecular formula is C78H153NO5. The second kappa shape index (κ2) is 74.1. The smallest absolute Gasteiger partial charge is 0.305 e. The molecule has 0 saturated heterocycles. The van der Waals surface area contributed by atoms with E-state index < -0.39 is 12.1 Å². The summed E-state index contributed by atoms with van der Waals surface area (Å²) in [7, 11) is 0. The third kappa shape index (κ3) is 69.7. The number of hydrogen-bond acceptors (Lipinski definition) is 5. The van der Waals surface area contributed by atoms with Gasteiger partial charge in [0.1, 0.15) is 0 Å². The number of carbonyl (C=O) groups is 2. The number of aliphatic hydroxyl groups is 2. The van der Waals surface area contributed by atoms with E-state index in [4.69, 9.17) is 4.74 Å². The van der Waals surface area contributed by atoms with Crippen molar-refractivity contribution in [1.29, 1.82) is 0 Å². The Labute approximate surface area is 527 Å². The van der Waals surface area contributed by atoms with E-state index in [-0.39, 0.29) is 18.5 Å². The van der Waals surface area contributed by atoms with Crippen LogP contribution in [0.3, 0.4) is 0 Å².